The zero-order chi connectivity index (χ0) is 33.0. The molecule has 4 N–H and O–H groups in total. The highest BCUT2D eigenvalue weighted by molar-refractivity contribution is 5.71. The molecule has 3 amide bonds. The Labute approximate surface area is 276 Å². The van der Waals surface area contributed by atoms with Crippen LogP contribution in [0.15, 0.2) is 66.7 Å². The summed E-state index contributed by atoms with van der Waals surface area (Å²) in [5.41, 5.74) is 10.8. The fourth-order valence-electron chi connectivity index (χ4n) is 6.34. The molecule has 2 atom stereocenters. The number of carbonyl (C=O) groups is 2. The molecule has 0 aliphatic carbocycles. The molecule has 0 bridgehead atoms. The number of nitrogens with zero attached hydrogens (tertiary/aromatic N) is 2. The third kappa shape index (κ3) is 9.52. The van der Waals surface area contributed by atoms with Crippen LogP contribution in [0.3, 0.4) is 0 Å². The van der Waals surface area contributed by atoms with Gasteiger partial charge >= 0.3 is 12.1 Å². The van der Waals surface area contributed by atoms with Crippen molar-refractivity contribution in [2.75, 3.05) is 57.9 Å². The van der Waals surface area contributed by atoms with Crippen molar-refractivity contribution in [1.29, 1.82) is 0 Å². The maximum Gasteiger partial charge on any atom is 0.407 e. The van der Waals surface area contributed by atoms with Gasteiger partial charge in [-0.1, -0.05) is 42.5 Å². The number of methoxy groups -OCH3 is 1. The second-order valence-electron chi connectivity index (χ2n) is 12.0. The van der Waals surface area contributed by atoms with E-state index in [0.717, 1.165) is 59.7 Å². The highest BCUT2D eigenvalue weighted by Crippen LogP contribution is 2.33. The summed E-state index contributed by atoms with van der Waals surface area (Å²) in [6, 6.07) is 21.8. The normalized spacial score (nSPS) is 17.6. The van der Waals surface area contributed by atoms with E-state index in [4.69, 9.17) is 24.7 Å². The van der Waals surface area contributed by atoms with Crippen LogP contribution in [0.2, 0.25) is 0 Å². The first-order valence-electron chi connectivity index (χ1n) is 16.3. The van der Waals surface area contributed by atoms with Crippen LogP contribution < -0.4 is 25.4 Å². The topological polar surface area (TPSA) is 136 Å². The molecule has 252 valence electrons. The Morgan fingerprint density at radius 2 is 1.85 bits per heavy atom. The molecule has 0 saturated carbocycles. The molecule has 11 heteroatoms. The third-order valence-corrected chi connectivity index (χ3v) is 8.80. The molecule has 47 heavy (non-hydrogen) atoms. The number of primary amides is 1. The average Bonchev–Trinajstić information content (AvgIpc) is 3.09. The van der Waals surface area contributed by atoms with Crippen LogP contribution >= 0.6 is 0 Å². The Kier molecular flexibility index (Phi) is 12.2. The van der Waals surface area contributed by atoms with E-state index < -0.39 is 12.1 Å². The molecule has 0 aromatic heterocycles. The fourth-order valence-corrected chi connectivity index (χ4v) is 6.34. The maximum atomic E-state index is 11.9. The first-order chi connectivity index (χ1) is 22.9. The number of benzene rings is 3. The summed E-state index contributed by atoms with van der Waals surface area (Å²) in [5.74, 6) is 1.66. The van der Waals surface area contributed by atoms with Gasteiger partial charge in [0.25, 0.3) is 0 Å². The number of anilines is 1. The summed E-state index contributed by atoms with van der Waals surface area (Å²) in [6.07, 6.45) is 2.26. The van der Waals surface area contributed by atoms with E-state index in [9.17, 15) is 14.7 Å². The lowest BCUT2D eigenvalue weighted by molar-refractivity contribution is -0.0199. The van der Waals surface area contributed by atoms with E-state index in [1.54, 1.807) is 7.11 Å². The number of ether oxygens (including phenoxy) is 4. The van der Waals surface area contributed by atoms with E-state index in [0.29, 0.717) is 59.0 Å². The van der Waals surface area contributed by atoms with Crippen molar-refractivity contribution in [3.63, 3.8) is 0 Å². The molecule has 0 unspecified atom stereocenters. The molecule has 2 heterocycles. The van der Waals surface area contributed by atoms with Crippen molar-refractivity contribution in [3.8, 4) is 11.5 Å². The number of urea groups is 1. The van der Waals surface area contributed by atoms with Gasteiger partial charge in [0.2, 0.25) is 0 Å². The number of likely N-dealkylation sites (tertiary alicyclic amines) is 1. The second-order valence-corrected chi connectivity index (χ2v) is 12.0. The Morgan fingerprint density at radius 1 is 1.02 bits per heavy atom. The van der Waals surface area contributed by atoms with Gasteiger partial charge in [-0.05, 0) is 60.2 Å². The molecule has 2 aliphatic heterocycles. The lowest BCUT2D eigenvalue weighted by Crippen LogP contribution is -2.46. The van der Waals surface area contributed by atoms with Gasteiger partial charge in [-0.2, -0.15) is 0 Å². The minimum absolute atomic E-state index is 0.0528. The van der Waals surface area contributed by atoms with Gasteiger partial charge in [-0.3, -0.25) is 0 Å². The highest BCUT2D eigenvalue weighted by atomic mass is 16.5. The minimum Gasteiger partial charge on any atom is -0.496 e. The summed E-state index contributed by atoms with van der Waals surface area (Å²) < 4.78 is 23.6. The molecular weight excluding hydrogens is 600 g/mol. The zero-order valence-electron chi connectivity index (χ0n) is 27.1. The van der Waals surface area contributed by atoms with Crippen LogP contribution in [0.25, 0.3) is 0 Å². The van der Waals surface area contributed by atoms with Crippen molar-refractivity contribution in [2.24, 2.45) is 5.73 Å². The number of amides is 3. The number of rotatable bonds is 15. The smallest absolute Gasteiger partial charge is 0.407 e. The number of carboxylic acid groups (broad SMARTS) is 1. The van der Waals surface area contributed by atoms with E-state index in [1.165, 1.54) is 10.5 Å². The summed E-state index contributed by atoms with van der Waals surface area (Å²) >= 11 is 0. The molecule has 3 aromatic rings. The Hall–Kier alpha value is -4.48. The number of para-hydroxylation sites is 1. The molecule has 0 radical (unpaired) electrons. The van der Waals surface area contributed by atoms with Crippen LogP contribution in [0.5, 0.6) is 11.5 Å². The molecule has 5 rings (SSSR count). The van der Waals surface area contributed by atoms with Gasteiger partial charge in [0.05, 0.1) is 46.2 Å². The van der Waals surface area contributed by atoms with Crippen LogP contribution in [-0.4, -0.2) is 81.3 Å². The van der Waals surface area contributed by atoms with E-state index in [-0.39, 0.29) is 12.0 Å². The van der Waals surface area contributed by atoms with Crippen molar-refractivity contribution in [1.82, 2.24) is 10.2 Å². The quantitative estimate of drug-likeness (QED) is 0.193. The molecule has 2 aliphatic rings. The number of nitrogens with one attached hydrogen (secondary N) is 1. The monoisotopic (exact) mass is 646 g/mol. The Balaban J connectivity index is 1.14. The summed E-state index contributed by atoms with van der Waals surface area (Å²) in [6.45, 7) is 4.80. The highest BCUT2D eigenvalue weighted by Gasteiger charge is 2.33. The summed E-state index contributed by atoms with van der Waals surface area (Å²) in [4.78, 5) is 26.7. The maximum absolute atomic E-state index is 11.9. The molecular formula is C36H46N4O7. The Morgan fingerprint density at radius 3 is 2.64 bits per heavy atom. The van der Waals surface area contributed by atoms with E-state index >= 15 is 0 Å². The first-order valence-corrected chi connectivity index (χ1v) is 16.3. The van der Waals surface area contributed by atoms with Crippen LogP contribution in [0.1, 0.15) is 47.4 Å². The van der Waals surface area contributed by atoms with Gasteiger partial charge in [0.1, 0.15) is 11.5 Å². The molecule has 1 saturated heterocycles. The summed E-state index contributed by atoms with van der Waals surface area (Å²) in [5, 5.41) is 12.4. The largest absolute Gasteiger partial charge is 0.496 e. The number of hydrogen-bond acceptors (Lipinski definition) is 7. The number of aryl methyl sites for hydroxylation is 1. The SMILES string of the molecule is COc1ccccc1COCCCOc1ccc([C@H]2CCN(C(=O)O)C[C@@H]2OCc2ccc3c(c2)N(CCNC(N)=O)CCC3)cc1. The number of piperidine rings is 1. The lowest BCUT2D eigenvalue weighted by atomic mass is 9.87. The van der Waals surface area contributed by atoms with Gasteiger partial charge in [0.15, 0.2) is 0 Å². The molecule has 11 nitrogen and oxygen atoms in total. The van der Waals surface area contributed by atoms with Crippen LogP contribution in [-0.2, 0) is 29.1 Å². The van der Waals surface area contributed by atoms with Gasteiger partial charge in [-0.25, -0.2) is 9.59 Å². The van der Waals surface area contributed by atoms with E-state index in [2.05, 4.69) is 40.5 Å². The average molecular weight is 647 g/mol. The molecule has 3 aromatic carbocycles. The summed E-state index contributed by atoms with van der Waals surface area (Å²) in [7, 11) is 1.66. The predicted molar refractivity (Wildman–Crippen MR) is 179 cm³/mol. The third-order valence-electron chi connectivity index (χ3n) is 8.80. The Bertz CT molecular complexity index is 1470. The van der Waals surface area contributed by atoms with E-state index in [1.807, 2.05) is 36.4 Å². The predicted octanol–water partition coefficient (Wildman–Crippen LogP) is 5.15. The first kappa shape index (κ1) is 33.9. The fraction of sp³-hybridized carbons (Fsp3) is 0.444. The zero-order valence-corrected chi connectivity index (χ0v) is 27.1. The van der Waals surface area contributed by atoms with Crippen molar-refractivity contribution >= 4 is 17.8 Å². The lowest BCUT2D eigenvalue weighted by Gasteiger charge is -2.37. The van der Waals surface area contributed by atoms with Crippen LogP contribution in [0.4, 0.5) is 15.3 Å². The van der Waals surface area contributed by atoms with Crippen molar-refractivity contribution < 1.29 is 33.6 Å². The number of hydrogen-bond donors (Lipinski definition) is 3. The van der Waals surface area contributed by atoms with Crippen molar-refractivity contribution in [3.05, 3.63) is 89.0 Å². The van der Waals surface area contributed by atoms with Gasteiger partial charge < -0.3 is 44.9 Å². The van der Waals surface area contributed by atoms with Gasteiger partial charge in [0, 0.05) is 49.8 Å². The molecule has 0 spiro atoms. The van der Waals surface area contributed by atoms with Gasteiger partial charge in [-0.15, -0.1) is 0 Å². The molecule has 1 fully saturated rings. The van der Waals surface area contributed by atoms with Crippen LogP contribution in [0, 0.1) is 0 Å². The number of fused-ring (bicyclic) bond motifs is 1. The minimum atomic E-state index is -0.929. The number of nitrogens with two attached hydrogens (primary N) is 1. The standard InChI is InChI=1S/C36H46N4O7/c1-44-33-8-3-2-6-29(33)25-45-20-5-21-46-30-13-11-27(12-14-30)31-15-18-40(36(42)43)23-34(31)47-24-26-9-10-28-7-4-17-39(32(28)22-26)19-16-38-35(37)41/h2-3,6,8-14,22,31,34H,4-5,7,15-21,23-25H2,1H3,(H,42,43)(H3,37,38,41)/t31-,34+/m1/s1. The van der Waals surface area contributed by atoms with Crippen molar-refractivity contribution in [2.45, 2.75) is 50.9 Å². The number of carbonyl (C=O) groups excluding carboxylic acids is 1. The second kappa shape index (κ2) is 16.9.